The fraction of sp³-hybridized carbons (Fsp3) is 0.571. The Balaban J connectivity index is 1.83. The molecule has 0 bridgehead atoms. The third kappa shape index (κ3) is 3.88. The summed E-state index contributed by atoms with van der Waals surface area (Å²) in [5, 5.41) is 9.16. The molecule has 0 aliphatic heterocycles. The minimum absolute atomic E-state index is 0.526. The zero-order valence-corrected chi connectivity index (χ0v) is 12.7. The van der Waals surface area contributed by atoms with Gasteiger partial charge in [0.2, 0.25) is 0 Å². The molecular weight excluding hydrogens is 256 g/mol. The quantitative estimate of drug-likeness (QED) is 0.845. The first-order valence-corrected chi connectivity index (χ1v) is 7.70. The molecule has 0 spiro atoms. The summed E-state index contributed by atoms with van der Waals surface area (Å²) < 4.78 is 2.09. The number of hydrogen-bond donors (Lipinski definition) is 1. The lowest BCUT2D eigenvalue weighted by Crippen LogP contribution is -2.13. The Morgan fingerprint density at radius 3 is 2.74 bits per heavy atom. The summed E-state index contributed by atoms with van der Waals surface area (Å²) in [5.41, 5.74) is 1.10. The number of nitrogens with one attached hydrogen (secondary N) is 1. The molecule has 5 heteroatoms. The van der Waals surface area contributed by atoms with Crippen molar-refractivity contribution in [2.45, 2.75) is 52.7 Å². The van der Waals surface area contributed by atoms with E-state index in [1.807, 2.05) is 13.1 Å². The zero-order chi connectivity index (χ0) is 13.7. The van der Waals surface area contributed by atoms with Crippen LogP contribution < -0.4 is 5.32 Å². The van der Waals surface area contributed by atoms with E-state index in [0.717, 1.165) is 36.6 Å². The number of thiazole rings is 1. The molecule has 0 fully saturated rings. The van der Waals surface area contributed by atoms with Crippen molar-refractivity contribution in [1.82, 2.24) is 20.1 Å². The fourth-order valence-electron chi connectivity index (χ4n) is 2.14. The summed E-state index contributed by atoms with van der Waals surface area (Å²) in [6, 6.07) is 2.63. The summed E-state index contributed by atoms with van der Waals surface area (Å²) in [4.78, 5) is 5.53. The van der Waals surface area contributed by atoms with Crippen molar-refractivity contribution >= 4 is 11.3 Å². The van der Waals surface area contributed by atoms with E-state index >= 15 is 0 Å². The lowest BCUT2D eigenvalue weighted by molar-refractivity contribution is 0.424. The molecule has 2 aromatic heterocycles. The van der Waals surface area contributed by atoms with Crippen molar-refractivity contribution in [3.8, 4) is 0 Å². The smallest absolute Gasteiger partial charge is 0.0897 e. The van der Waals surface area contributed by atoms with Crippen LogP contribution in [0.5, 0.6) is 0 Å². The molecule has 0 unspecified atom stereocenters. The molecule has 0 saturated heterocycles. The van der Waals surface area contributed by atoms with Crippen LogP contribution in [0.15, 0.2) is 18.5 Å². The first kappa shape index (κ1) is 14.2. The summed E-state index contributed by atoms with van der Waals surface area (Å²) >= 11 is 1.74. The van der Waals surface area contributed by atoms with Gasteiger partial charge in [-0.2, -0.15) is 5.10 Å². The van der Waals surface area contributed by atoms with Crippen molar-refractivity contribution in [1.29, 1.82) is 0 Å². The van der Waals surface area contributed by atoms with Crippen LogP contribution in [-0.2, 0) is 13.1 Å². The predicted molar refractivity (Wildman–Crippen MR) is 79.2 cm³/mol. The molecule has 0 aromatic carbocycles. The van der Waals surface area contributed by atoms with Crippen LogP contribution in [0.1, 0.15) is 48.3 Å². The van der Waals surface area contributed by atoms with Crippen LogP contribution in [0.3, 0.4) is 0 Å². The summed E-state index contributed by atoms with van der Waals surface area (Å²) in [6.45, 7) is 8.12. The Morgan fingerprint density at radius 1 is 1.32 bits per heavy atom. The second kappa shape index (κ2) is 6.82. The van der Waals surface area contributed by atoms with Crippen molar-refractivity contribution in [3.05, 3.63) is 34.0 Å². The van der Waals surface area contributed by atoms with Crippen LogP contribution in [0.2, 0.25) is 0 Å². The lowest BCUT2D eigenvalue weighted by atomic mass is 10.2. The maximum Gasteiger partial charge on any atom is 0.0897 e. The molecule has 0 aliphatic carbocycles. The van der Waals surface area contributed by atoms with E-state index in [2.05, 4.69) is 46.2 Å². The molecule has 1 N–H and O–H groups in total. The van der Waals surface area contributed by atoms with Crippen LogP contribution in [0.25, 0.3) is 0 Å². The number of hydrogen-bond acceptors (Lipinski definition) is 4. The predicted octanol–water partition coefficient (Wildman–Crippen LogP) is 3.30. The minimum Gasteiger partial charge on any atom is -0.306 e. The van der Waals surface area contributed by atoms with Crippen LogP contribution in [0.4, 0.5) is 0 Å². The van der Waals surface area contributed by atoms with E-state index in [-0.39, 0.29) is 0 Å². The molecule has 0 radical (unpaired) electrons. The van der Waals surface area contributed by atoms with E-state index in [0.29, 0.717) is 6.04 Å². The monoisotopic (exact) mass is 278 g/mol. The average molecular weight is 278 g/mol. The second-order valence-electron chi connectivity index (χ2n) is 4.71. The molecule has 4 nitrogen and oxygen atoms in total. The standard InChI is InChI=1S/C14H22N4S/c1-4-13(5-2)18-7-6-12(17-18)8-15-9-14-10-16-11(3)19-14/h6-7,10,13,15H,4-5,8-9H2,1-3H3. The first-order valence-electron chi connectivity index (χ1n) is 6.89. The number of nitrogens with zero attached hydrogens (tertiary/aromatic N) is 3. The highest BCUT2D eigenvalue weighted by Gasteiger charge is 2.07. The van der Waals surface area contributed by atoms with Crippen molar-refractivity contribution in [2.75, 3.05) is 0 Å². The zero-order valence-electron chi connectivity index (χ0n) is 11.9. The summed E-state index contributed by atoms with van der Waals surface area (Å²) in [7, 11) is 0. The Kier molecular flexibility index (Phi) is 5.10. The van der Waals surface area contributed by atoms with Gasteiger partial charge in [0.05, 0.1) is 16.7 Å². The number of aromatic nitrogens is 3. The van der Waals surface area contributed by atoms with E-state index in [9.17, 15) is 0 Å². The van der Waals surface area contributed by atoms with Gasteiger partial charge in [0.25, 0.3) is 0 Å². The van der Waals surface area contributed by atoms with E-state index in [1.54, 1.807) is 11.3 Å². The number of aryl methyl sites for hydroxylation is 1. The van der Waals surface area contributed by atoms with Crippen LogP contribution in [0, 0.1) is 6.92 Å². The Morgan fingerprint density at radius 2 is 2.11 bits per heavy atom. The van der Waals surface area contributed by atoms with Crippen molar-refractivity contribution in [3.63, 3.8) is 0 Å². The van der Waals surface area contributed by atoms with Gasteiger partial charge in [0.1, 0.15) is 0 Å². The highest BCUT2D eigenvalue weighted by molar-refractivity contribution is 7.11. The molecule has 2 rings (SSSR count). The van der Waals surface area contributed by atoms with Gasteiger partial charge in [-0.05, 0) is 25.8 Å². The maximum absolute atomic E-state index is 4.63. The summed E-state index contributed by atoms with van der Waals surface area (Å²) in [5.74, 6) is 0. The molecule has 0 saturated carbocycles. The normalized spacial score (nSPS) is 11.4. The Hall–Kier alpha value is -1.20. The molecule has 0 aliphatic rings. The molecule has 2 heterocycles. The first-order chi connectivity index (χ1) is 9.22. The fourth-order valence-corrected chi connectivity index (χ4v) is 2.90. The van der Waals surface area contributed by atoms with Gasteiger partial charge in [-0.15, -0.1) is 11.3 Å². The van der Waals surface area contributed by atoms with Gasteiger partial charge < -0.3 is 5.32 Å². The molecule has 0 amide bonds. The molecule has 19 heavy (non-hydrogen) atoms. The van der Waals surface area contributed by atoms with Crippen LogP contribution >= 0.6 is 11.3 Å². The molecule has 104 valence electrons. The topological polar surface area (TPSA) is 42.7 Å². The highest BCUT2D eigenvalue weighted by atomic mass is 32.1. The van der Waals surface area contributed by atoms with E-state index < -0.39 is 0 Å². The highest BCUT2D eigenvalue weighted by Crippen LogP contribution is 2.14. The lowest BCUT2D eigenvalue weighted by Gasteiger charge is -2.12. The van der Waals surface area contributed by atoms with Gasteiger partial charge in [0, 0.05) is 30.4 Å². The number of rotatable bonds is 7. The third-order valence-electron chi connectivity index (χ3n) is 3.25. The van der Waals surface area contributed by atoms with Crippen LogP contribution in [-0.4, -0.2) is 14.8 Å². The molecule has 0 atom stereocenters. The maximum atomic E-state index is 4.63. The van der Waals surface area contributed by atoms with E-state index in [4.69, 9.17) is 0 Å². The SMILES string of the molecule is CCC(CC)n1ccc(CNCc2cnc(C)s2)n1. The van der Waals surface area contributed by atoms with Gasteiger partial charge in [-0.25, -0.2) is 4.98 Å². The van der Waals surface area contributed by atoms with Gasteiger partial charge >= 0.3 is 0 Å². The van der Waals surface area contributed by atoms with Crippen molar-refractivity contribution in [2.24, 2.45) is 0 Å². The summed E-state index contributed by atoms with van der Waals surface area (Å²) in [6.07, 6.45) is 6.29. The van der Waals surface area contributed by atoms with Gasteiger partial charge in [-0.1, -0.05) is 13.8 Å². The largest absolute Gasteiger partial charge is 0.306 e. The van der Waals surface area contributed by atoms with Crippen molar-refractivity contribution < 1.29 is 0 Å². The Bertz CT molecular complexity index is 499. The van der Waals surface area contributed by atoms with E-state index in [1.165, 1.54) is 4.88 Å². The Labute approximate surface area is 118 Å². The second-order valence-corrected chi connectivity index (χ2v) is 6.03. The van der Waals surface area contributed by atoms with Gasteiger partial charge in [-0.3, -0.25) is 4.68 Å². The van der Waals surface area contributed by atoms with Gasteiger partial charge in [0.15, 0.2) is 0 Å². The molecular formula is C14H22N4S. The molecule has 2 aromatic rings. The average Bonchev–Trinajstić information content (AvgIpc) is 3.01. The third-order valence-corrected chi connectivity index (χ3v) is 4.17. The minimum atomic E-state index is 0.526.